The molecular weight excluding hydrogens is 380 g/mol. The van der Waals surface area contributed by atoms with Gasteiger partial charge in [0.2, 0.25) is 5.16 Å². The van der Waals surface area contributed by atoms with Crippen LogP contribution in [0.1, 0.15) is 10.4 Å². The van der Waals surface area contributed by atoms with E-state index in [0.29, 0.717) is 15.9 Å². The summed E-state index contributed by atoms with van der Waals surface area (Å²) >= 11 is 2.85. The van der Waals surface area contributed by atoms with Crippen molar-refractivity contribution in [3.8, 4) is 16.9 Å². The molecule has 134 valence electrons. The van der Waals surface area contributed by atoms with Crippen molar-refractivity contribution in [1.29, 1.82) is 0 Å². The predicted molar refractivity (Wildman–Crippen MR) is 106 cm³/mol. The van der Waals surface area contributed by atoms with E-state index in [1.807, 2.05) is 54.1 Å². The lowest BCUT2D eigenvalue weighted by Crippen LogP contribution is -2.12. The molecule has 2 aromatic carbocycles. The highest BCUT2D eigenvalue weighted by Crippen LogP contribution is 2.25. The first kappa shape index (κ1) is 17.4. The van der Waals surface area contributed by atoms with E-state index in [4.69, 9.17) is 0 Å². The summed E-state index contributed by atoms with van der Waals surface area (Å²) in [6.45, 7) is 0. The number of nitrogens with zero attached hydrogens (tertiary/aromatic N) is 5. The lowest BCUT2D eigenvalue weighted by atomic mass is 10.2. The third-order valence-corrected chi connectivity index (χ3v) is 5.17. The number of hydrogen-bond acceptors (Lipinski definition) is 7. The Morgan fingerprint density at radius 1 is 1.11 bits per heavy atom. The number of anilines is 1. The maximum Gasteiger partial charge on any atom is 0.257 e. The van der Waals surface area contributed by atoms with E-state index in [1.165, 1.54) is 23.1 Å². The zero-order valence-corrected chi connectivity index (χ0v) is 15.9. The predicted octanol–water partition coefficient (Wildman–Crippen LogP) is 3.76. The minimum atomic E-state index is -0.211. The van der Waals surface area contributed by atoms with Crippen LogP contribution in [0.25, 0.3) is 16.9 Å². The average Bonchev–Trinajstić information content (AvgIpc) is 3.38. The quantitative estimate of drug-likeness (QED) is 0.519. The second-order valence-corrected chi connectivity index (χ2v) is 7.11. The molecule has 0 unspecified atom stereocenters. The van der Waals surface area contributed by atoms with Crippen LogP contribution in [0.4, 0.5) is 5.13 Å². The number of benzene rings is 2. The molecule has 9 heteroatoms. The number of hydrogen-bond donors (Lipinski definition) is 1. The first-order valence-electron chi connectivity index (χ1n) is 8.00. The third-order valence-electron chi connectivity index (χ3n) is 3.79. The Morgan fingerprint density at radius 3 is 2.63 bits per heavy atom. The number of tetrazole rings is 1. The van der Waals surface area contributed by atoms with Gasteiger partial charge >= 0.3 is 0 Å². The maximum absolute atomic E-state index is 12.5. The van der Waals surface area contributed by atoms with Gasteiger partial charge < -0.3 is 0 Å². The lowest BCUT2D eigenvalue weighted by molar-refractivity contribution is 0.102. The van der Waals surface area contributed by atoms with Crippen LogP contribution >= 0.6 is 23.1 Å². The molecule has 0 atom stereocenters. The summed E-state index contributed by atoms with van der Waals surface area (Å²) in [5.41, 5.74) is 3.19. The summed E-state index contributed by atoms with van der Waals surface area (Å²) < 4.78 is 1.62. The van der Waals surface area contributed by atoms with Gasteiger partial charge in [-0.3, -0.25) is 10.1 Å². The largest absolute Gasteiger partial charge is 0.298 e. The molecule has 1 amide bonds. The molecule has 27 heavy (non-hydrogen) atoms. The van der Waals surface area contributed by atoms with Crippen LogP contribution in [0.15, 0.2) is 65.1 Å². The number of rotatable bonds is 5. The van der Waals surface area contributed by atoms with Gasteiger partial charge in [-0.25, -0.2) is 4.98 Å². The third kappa shape index (κ3) is 3.74. The van der Waals surface area contributed by atoms with E-state index in [1.54, 1.807) is 16.8 Å². The van der Waals surface area contributed by atoms with Crippen molar-refractivity contribution in [1.82, 2.24) is 25.2 Å². The second-order valence-electron chi connectivity index (χ2n) is 5.48. The van der Waals surface area contributed by atoms with Gasteiger partial charge in [0.15, 0.2) is 5.13 Å². The minimum absolute atomic E-state index is 0.211. The Balaban J connectivity index is 1.48. The minimum Gasteiger partial charge on any atom is -0.298 e. The number of carbonyl (C=O) groups excluding carboxylic acids is 1. The first-order valence-corrected chi connectivity index (χ1v) is 10.1. The second kappa shape index (κ2) is 7.68. The molecule has 2 heterocycles. The number of thiazole rings is 1. The average molecular weight is 394 g/mol. The number of carbonyl (C=O) groups is 1. The van der Waals surface area contributed by atoms with Crippen molar-refractivity contribution < 1.29 is 4.79 Å². The van der Waals surface area contributed by atoms with Crippen LogP contribution in [0.2, 0.25) is 0 Å². The number of thioether (sulfide) groups is 1. The maximum atomic E-state index is 12.5. The van der Waals surface area contributed by atoms with Crippen LogP contribution in [-0.4, -0.2) is 37.4 Å². The first-order chi connectivity index (χ1) is 13.2. The summed E-state index contributed by atoms with van der Waals surface area (Å²) in [6.07, 6.45) is 1.90. The molecule has 0 fully saturated rings. The normalized spacial score (nSPS) is 10.7. The fourth-order valence-electron chi connectivity index (χ4n) is 2.46. The number of nitrogens with one attached hydrogen (secondary N) is 1. The van der Waals surface area contributed by atoms with Crippen LogP contribution in [0.5, 0.6) is 0 Å². The topological polar surface area (TPSA) is 85.6 Å². The van der Waals surface area contributed by atoms with Crippen molar-refractivity contribution in [3.63, 3.8) is 0 Å². The van der Waals surface area contributed by atoms with Gasteiger partial charge in [0.25, 0.3) is 5.91 Å². The van der Waals surface area contributed by atoms with Gasteiger partial charge in [-0.05, 0) is 40.9 Å². The molecule has 0 aliphatic carbocycles. The fourth-order valence-corrected chi connectivity index (χ4v) is 3.61. The Kier molecular flexibility index (Phi) is 4.95. The van der Waals surface area contributed by atoms with Crippen LogP contribution < -0.4 is 5.32 Å². The van der Waals surface area contributed by atoms with Crippen molar-refractivity contribution in [3.05, 3.63) is 65.5 Å². The SMILES string of the molecule is CSc1nnnn1-c1ccc(C(=O)Nc2nc(-c3ccccc3)cs2)cc1. The summed E-state index contributed by atoms with van der Waals surface area (Å²) in [6, 6.07) is 16.9. The highest BCUT2D eigenvalue weighted by Gasteiger charge is 2.12. The summed E-state index contributed by atoms with van der Waals surface area (Å²) in [5, 5.41) is 17.6. The van der Waals surface area contributed by atoms with Crippen molar-refractivity contribution in [2.45, 2.75) is 5.16 Å². The Labute approximate surface area is 163 Å². The van der Waals surface area contributed by atoms with Gasteiger partial charge in [0, 0.05) is 16.5 Å². The van der Waals surface area contributed by atoms with E-state index in [-0.39, 0.29) is 5.91 Å². The van der Waals surface area contributed by atoms with E-state index in [9.17, 15) is 4.79 Å². The smallest absolute Gasteiger partial charge is 0.257 e. The Bertz CT molecular complexity index is 1060. The summed E-state index contributed by atoms with van der Waals surface area (Å²) in [4.78, 5) is 17.0. The summed E-state index contributed by atoms with van der Waals surface area (Å²) in [7, 11) is 0. The molecule has 1 N–H and O–H groups in total. The van der Waals surface area contributed by atoms with Crippen molar-refractivity contribution in [2.75, 3.05) is 11.6 Å². The molecule has 0 aliphatic rings. The van der Waals surface area contributed by atoms with Gasteiger partial charge in [-0.1, -0.05) is 42.1 Å². The molecule has 0 spiro atoms. The number of aromatic nitrogens is 5. The summed E-state index contributed by atoms with van der Waals surface area (Å²) in [5.74, 6) is -0.211. The highest BCUT2D eigenvalue weighted by molar-refractivity contribution is 7.98. The van der Waals surface area contributed by atoms with Crippen LogP contribution in [-0.2, 0) is 0 Å². The zero-order valence-electron chi connectivity index (χ0n) is 14.2. The van der Waals surface area contributed by atoms with E-state index < -0.39 is 0 Å². The zero-order chi connectivity index (χ0) is 18.6. The van der Waals surface area contributed by atoms with Gasteiger partial charge in [-0.2, -0.15) is 4.68 Å². The Morgan fingerprint density at radius 2 is 1.89 bits per heavy atom. The van der Waals surface area contributed by atoms with Crippen molar-refractivity contribution >= 4 is 34.1 Å². The molecule has 7 nitrogen and oxygen atoms in total. The molecule has 4 aromatic rings. The molecule has 2 aromatic heterocycles. The van der Waals surface area contributed by atoms with Gasteiger partial charge in [0.1, 0.15) is 0 Å². The molecule has 4 rings (SSSR count). The molecule has 0 aliphatic heterocycles. The Hall–Kier alpha value is -3.04. The molecule has 0 saturated heterocycles. The van der Waals surface area contributed by atoms with E-state index >= 15 is 0 Å². The van der Waals surface area contributed by atoms with Crippen LogP contribution in [0, 0.1) is 0 Å². The fraction of sp³-hybridized carbons (Fsp3) is 0.0556. The molecule has 0 saturated carbocycles. The molecule has 0 radical (unpaired) electrons. The lowest BCUT2D eigenvalue weighted by Gasteiger charge is -2.05. The van der Waals surface area contributed by atoms with E-state index in [0.717, 1.165) is 16.9 Å². The highest BCUT2D eigenvalue weighted by atomic mass is 32.2. The number of amides is 1. The van der Waals surface area contributed by atoms with E-state index in [2.05, 4.69) is 25.8 Å². The van der Waals surface area contributed by atoms with Crippen molar-refractivity contribution in [2.24, 2.45) is 0 Å². The monoisotopic (exact) mass is 394 g/mol. The molecular formula is C18H14N6OS2. The van der Waals surface area contributed by atoms with Gasteiger partial charge in [0.05, 0.1) is 11.4 Å². The standard InChI is InChI=1S/C18H14N6OS2/c1-26-18-21-22-23-24(18)14-9-7-13(8-10-14)16(25)20-17-19-15(11-27-17)12-5-3-2-4-6-12/h2-11H,1H3,(H,19,20,25). The van der Waals surface area contributed by atoms with Gasteiger partial charge in [-0.15, -0.1) is 16.4 Å². The molecule has 0 bridgehead atoms. The van der Waals surface area contributed by atoms with Crippen LogP contribution in [0.3, 0.4) is 0 Å².